The molecule has 1 atom stereocenters. The van der Waals surface area contributed by atoms with Crippen LogP contribution in [0.15, 0.2) is 41.1 Å². The van der Waals surface area contributed by atoms with Gasteiger partial charge in [-0.3, -0.25) is 0 Å². The summed E-state index contributed by atoms with van der Waals surface area (Å²) in [5.41, 5.74) is 4.19. The van der Waals surface area contributed by atoms with Gasteiger partial charge < -0.3 is 5.32 Å². The fourth-order valence-electron chi connectivity index (χ4n) is 2.05. The summed E-state index contributed by atoms with van der Waals surface area (Å²) >= 11 is 1.77. The number of hydrogen-bond donors (Lipinski definition) is 1. The van der Waals surface area contributed by atoms with Gasteiger partial charge in [-0.1, -0.05) is 24.3 Å². The molecule has 2 heteroatoms. The van der Waals surface area contributed by atoms with E-state index in [2.05, 4.69) is 60.3 Å². The first-order chi connectivity index (χ1) is 8.27. The second-order valence-electron chi connectivity index (χ2n) is 4.41. The SMILES string of the molecule is Cc1ccccc1[C@H](C)NCCc1ccsc1. The van der Waals surface area contributed by atoms with Gasteiger partial charge in [-0.15, -0.1) is 0 Å². The van der Waals surface area contributed by atoms with E-state index in [1.165, 1.54) is 16.7 Å². The number of nitrogens with one attached hydrogen (secondary N) is 1. The van der Waals surface area contributed by atoms with Crippen LogP contribution in [0.1, 0.15) is 29.7 Å². The molecule has 1 aromatic carbocycles. The van der Waals surface area contributed by atoms with E-state index in [1.54, 1.807) is 11.3 Å². The Morgan fingerprint density at radius 3 is 2.76 bits per heavy atom. The molecule has 0 bridgehead atoms. The van der Waals surface area contributed by atoms with Gasteiger partial charge in [0.25, 0.3) is 0 Å². The van der Waals surface area contributed by atoms with Crippen molar-refractivity contribution in [1.29, 1.82) is 0 Å². The molecule has 90 valence electrons. The van der Waals surface area contributed by atoms with Gasteiger partial charge in [0, 0.05) is 6.04 Å². The van der Waals surface area contributed by atoms with E-state index in [4.69, 9.17) is 0 Å². The lowest BCUT2D eigenvalue weighted by molar-refractivity contribution is 0.575. The zero-order chi connectivity index (χ0) is 12.1. The second-order valence-corrected chi connectivity index (χ2v) is 5.19. The lowest BCUT2D eigenvalue weighted by Gasteiger charge is -2.16. The third-order valence-electron chi connectivity index (χ3n) is 3.10. The molecule has 0 aliphatic carbocycles. The van der Waals surface area contributed by atoms with E-state index in [0.29, 0.717) is 6.04 Å². The zero-order valence-electron chi connectivity index (χ0n) is 10.4. The van der Waals surface area contributed by atoms with E-state index in [1.807, 2.05) is 0 Å². The molecule has 0 spiro atoms. The quantitative estimate of drug-likeness (QED) is 0.841. The van der Waals surface area contributed by atoms with Crippen LogP contribution in [0.4, 0.5) is 0 Å². The van der Waals surface area contributed by atoms with Crippen molar-refractivity contribution in [3.05, 3.63) is 57.8 Å². The fourth-order valence-corrected chi connectivity index (χ4v) is 2.75. The van der Waals surface area contributed by atoms with Gasteiger partial charge in [-0.2, -0.15) is 11.3 Å². The summed E-state index contributed by atoms with van der Waals surface area (Å²) in [4.78, 5) is 0. The van der Waals surface area contributed by atoms with Gasteiger partial charge in [0.15, 0.2) is 0 Å². The van der Waals surface area contributed by atoms with Gasteiger partial charge >= 0.3 is 0 Å². The highest BCUT2D eigenvalue weighted by molar-refractivity contribution is 7.07. The summed E-state index contributed by atoms with van der Waals surface area (Å²) in [6.07, 6.45) is 1.11. The van der Waals surface area contributed by atoms with Crippen LogP contribution in [0, 0.1) is 6.92 Å². The molecule has 0 fully saturated rings. The highest BCUT2D eigenvalue weighted by Gasteiger charge is 2.06. The van der Waals surface area contributed by atoms with Crippen molar-refractivity contribution >= 4 is 11.3 Å². The first-order valence-corrected chi connectivity index (χ1v) is 7.01. The van der Waals surface area contributed by atoms with Crippen LogP contribution in [-0.4, -0.2) is 6.54 Å². The third kappa shape index (κ3) is 3.42. The number of benzene rings is 1. The summed E-state index contributed by atoms with van der Waals surface area (Å²) in [5, 5.41) is 7.94. The molecule has 1 heterocycles. The minimum Gasteiger partial charge on any atom is -0.310 e. The maximum atomic E-state index is 3.58. The highest BCUT2D eigenvalue weighted by Crippen LogP contribution is 2.16. The smallest absolute Gasteiger partial charge is 0.0294 e. The lowest BCUT2D eigenvalue weighted by Crippen LogP contribution is -2.21. The van der Waals surface area contributed by atoms with E-state index in [-0.39, 0.29) is 0 Å². The van der Waals surface area contributed by atoms with Crippen molar-refractivity contribution in [3.8, 4) is 0 Å². The lowest BCUT2D eigenvalue weighted by atomic mass is 10.0. The number of rotatable bonds is 5. The van der Waals surface area contributed by atoms with E-state index < -0.39 is 0 Å². The van der Waals surface area contributed by atoms with Gasteiger partial charge in [0.05, 0.1) is 0 Å². The normalized spacial score (nSPS) is 12.6. The Kier molecular flexibility index (Phi) is 4.35. The highest BCUT2D eigenvalue weighted by atomic mass is 32.1. The summed E-state index contributed by atoms with van der Waals surface area (Å²) < 4.78 is 0. The predicted molar refractivity (Wildman–Crippen MR) is 75.6 cm³/mol. The summed E-state index contributed by atoms with van der Waals surface area (Å²) in [6, 6.07) is 11.2. The molecule has 0 aliphatic heterocycles. The molecule has 0 saturated carbocycles. The standard InChI is InChI=1S/C15H19NS/c1-12-5-3-4-6-15(12)13(2)16-9-7-14-8-10-17-11-14/h3-6,8,10-11,13,16H,7,9H2,1-2H3/t13-/m0/s1. The molecule has 0 unspecified atom stereocenters. The van der Waals surface area contributed by atoms with E-state index >= 15 is 0 Å². The number of aryl methyl sites for hydroxylation is 1. The van der Waals surface area contributed by atoms with Crippen molar-refractivity contribution < 1.29 is 0 Å². The summed E-state index contributed by atoms with van der Waals surface area (Å²) in [6.45, 7) is 5.44. The Morgan fingerprint density at radius 1 is 1.24 bits per heavy atom. The van der Waals surface area contributed by atoms with Crippen molar-refractivity contribution in [2.75, 3.05) is 6.54 Å². The van der Waals surface area contributed by atoms with Crippen LogP contribution in [-0.2, 0) is 6.42 Å². The molecule has 1 N–H and O–H groups in total. The molecule has 0 saturated heterocycles. The first kappa shape index (κ1) is 12.3. The van der Waals surface area contributed by atoms with Crippen molar-refractivity contribution in [3.63, 3.8) is 0 Å². The molecule has 0 amide bonds. The second kappa shape index (κ2) is 5.99. The minimum absolute atomic E-state index is 0.426. The van der Waals surface area contributed by atoms with Crippen LogP contribution in [0.3, 0.4) is 0 Å². The van der Waals surface area contributed by atoms with Crippen LogP contribution in [0.25, 0.3) is 0 Å². The summed E-state index contributed by atoms with van der Waals surface area (Å²) in [7, 11) is 0. The average Bonchev–Trinajstić information content (AvgIpc) is 2.82. The largest absolute Gasteiger partial charge is 0.310 e. The predicted octanol–water partition coefficient (Wildman–Crippen LogP) is 3.95. The molecule has 1 nitrogen and oxygen atoms in total. The Morgan fingerprint density at radius 2 is 2.06 bits per heavy atom. The van der Waals surface area contributed by atoms with Crippen LogP contribution < -0.4 is 5.32 Å². The monoisotopic (exact) mass is 245 g/mol. The van der Waals surface area contributed by atoms with E-state index in [9.17, 15) is 0 Å². The van der Waals surface area contributed by atoms with Gasteiger partial charge in [0.2, 0.25) is 0 Å². The van der Waals surface area contributed by atoms with Crippen molar-refractivity contribution in [1.82, 2.24) is 5.32 Å². The molecule has 2 aromatic rings. The van der Waals surface area contributed by atoms with Crippen LogP contribution >= 0.6 is 11.3 Å². The summed E-state index contributed by atoms with van der Waals surface area (Å²) in [5.74, 6) is 0. The molecule has 0 radical (unpaired) electrons. The first-order valence-electron chi connectivity index (χ1n) is 6.07. The maximum absolute atomic E-state index is 3.58. The molecule has 0 aliphatic rings. The molecular weight excluding hydrogens is 226 g/mol. The third-order valence-corrected chi connectivity index (χ3v) is 3.83. The molecule has 1 aromatic heterocycles. The molecule has 17 heavy (non-hydrogen) atoms. The maximum Gasteiger partial charge on any atom is 0.0294 e. The number of hydrogen-bond acceptors (Lipinski definition) is 2. The van der Waals surface area contributed by atoms with Gasteiger partial charge in [0.1, 0.15) is 0 Å². The Bertz CT molecular complexity index is 448. The zero-order valence-corrected chi connectivity index (χ0v) is 11.3. The molecular formula is C15H19NS. The average molecular weight is 245 g/mol. The Balaban J connectivity index is 1.85. The fraction of sp³-hybridized carbons (Fsp3) is 0.333. The Labute approximate surface area is 108 Å². The topological polar surface area (TPSA) is 12.0 Å². The van der Waals surface area contributed by atoms with Gasteiger partial charge in [-0.05, 0) is 60.3 Å². The van der Waals surface area contributed by atoms with Crippen LogP contribution in [0.2, 0.25) is 0 Å². The van der Waals surface area contributed by atoms with Crippen molar-refractivity contribution in [2.45, 2.75) is 26.3 Å². The van der Waals surface area contributed by atoms with Gasteiger partial charge in [-0.25, -0.2) is 0 Å². The van der Waals surface area contributed by atoms with Crippen LogP contribution in [0.5, 0.6) is 0 Å². The molecule has 2 rings (SSSR count). The Hall–Kier alpha value is -1.12. The minimum atomic E-state index is 0.426. The van der Waals surface area contributed by atoms with E-state index in [0.717, 1.165) is 13.0 Å². The van der Waals surface area contributed by atoms with Crippen molar-refractivity contribution in [2.24, 2.45) is 0 Å². The number of thiophene rings is 1.